The van der Waals surface area contributed by atoms with Gasteiger partial charge in [0.25, 0.3) is 0 Å². The lowest BCUT2D eigenvalue weighted by Crippen LogP contribution is -2.61. The van der Waals surface area contributed by atoms with Gasteiger partial charge in [0.15, 0.2) is 0 Å². The molecule has 50 heavy (non-hydrogen) atoms. The summed E-state index contributed by atoms with van der Waals surface area (Å²) >= 11 is 0. The first kappa shape index (κ1) is 40.9. The van der Waals surface area contributed by atoms with Crippen molar-refractivity contribution in [1.29, 1.82) is 0 Å². The molecular formula is C37H59N5O8. The number of ether oxygens (including phenoxy) is 2. The molecule has 2 fully saturated rings. The molecule has 1 aromatic carbocycles. The van der Waals surface area contributed by atoms with Gasteiger partial charge in [-0.3, -0.25) is 19.2 Å². The van der Waals surface area contributed by atoms with E-state index in [2.05, 4.69) is 10.6 Å². The molecule has 0 aromatic heterocycles. The zero-order chi connectivity index (χ0) is 37.3. The summed E-state index contributed by atoms with van der Waals surface area (Å²) in [6.07, 6.45) is 2.96. The van der Waals surface area contributed by atoms with E-state index in [-0.39, 0.29) is 36.5 Å². The number of carbonyl (C=O) groups excluding carboxylic acids is 4. The maximum absolute atomic E-state index is 14.1. The minimum atomic E-state index is -1.16. The van der Waals surface area contributed by atoms with E-state index in [9.17, 15) is 29.1 Å². The van der Waals surface area contributed by atoms with Crippen LogP contribution in [0.1, 0.15) is 78.7 Å². The fraction of sp³-hybridized carbons (Fsp3) is 0.703. The number of carboxylic acids is 1. The molecule has 13 nitrogen and oxygen atoms in total. The summed E-state index contributed by atoms with van der Waals surface area (Å²) in [7, 11) is 4.74. The maximum atomic E-state index is 14.1. The molecular weight excluding hydrogens is 642 g/mol. The second kappa shape index (κ2) is 18.1. The molecule has 280 valence electrons. The van der Waals surface area contributed by atoms with Crippen LogP contribution in [0.15, 0.2) is 30.3 Å². The Morgan fingerprint density at radius 2 is 1.64 bits per heavy atom. The van der Waals surface area contributed by atoms with Crippen LogP contribution in [0.4, 0.5) is 0 Å². The first-order chi connectivity index (χ1) is 23.5. The van der Waals surface area contributed by atoms with Crippen molar-refractivity contribution in [1.82, 2.24) is 20.4 Å². The lowest BCUT2D eigenvalue weighted by Gasteiger charge is -2.45. The van der Waals surface area contributed by atoms with Gasteiger partial charge in [-0.2, -0.15) is 0 Å². The molecule has 1 heterocycles. The largest absolute Gasteiger partial charge is 0.480 e. The second-order valence-corrected chi connectivity index (χ2v) is 14.9. The zero-order valence-electron chi connectivity index (χ0n) is 31.0. The average molecular weight is 702 g/mol. The van der Waals surface area contributed by atoms with Crippen molar-refractivity contribution >= 4 is 29.6 Å². The molecule has 1 aliphatic heterocycles. The number of hydrogen-bond donors (Lipinski definition) is 4. The highest BCUT2D eigenvalue weighted by atomic mass is 16.5. The third-order valence-electron chi connectivity index (χ3n) is 10.4. The van der Waals surface area contributed by atoms with E-state index in [1.54, 1.807) is 44.7 Å². The number of methoxy groups -OCH3 is 2. The Hall–Kier alpha value is -3.55. The lowest BCUT2D eigenvalue weighted by molar-refractivity contribution is -0.149. The van der Waals surface area contributed by atoms with E-state index in [1.165, 1.54) is 7.11 Å². The molecule has 0 radical (unpaired) electrons. The van der Waals surface area contributed by atoms with Crippen LogP contribution < -0.4 is 16.4 Å². The molecule has 7 atom stereocenters. The number of aliphatic carboxylic acids is 1. The predicted octanol–water partition coefficient (Wildman–Crippen LogP) is 2.35. The first-order valence-electron chi connectivity index (χ1n) is 17.8. The van der Waals surface area contributed by atoms with Gasteiger partial charge in [0.2, 0.25) is 23.6 Å². The number of amides is 4. The van der Waals surface area contributed by atoms with Crippen LogP contribution in [0.25, 0.3) is 0 Å². The van der Waals surface area contributed by atoms with Crippen LogP contribution in [0.3, 0.4) is 0 Å². The monoisotopic (exact) mass is 701 g/mol. The van der Waals surface area contributed by atoms with E-state index in [1.807, 2.05) is 44.2 Å². The molecule has 1 aromatic rings. The van der Waals surface area contributed by atoms with E-state index in [4.69, 9.17) is 15.2 Å². The highest BCUT2D eigenvalue weighted by molar-refractivity contribution is 5.92. The smallest absolute Gasteiger partial charge is 0.326 e. The highest BCUT2D eigenvalue weighted by Crippen LogP contribution is 2.36. The van der Waals surface area contributed by atoms with Crippen molar-refractivity contribution in [3.05, 3.63) is 35.9 Å². The van der Waals surface area contributed by atoms with E-state index in [0.717, 1.165) is 24.8 Å². The molecule has 0 spiro atoms. The summed E-state index contributed by atoms with van der Waals surface area (Å²) in [5, 5.41) is 15.4. The number of likely N-dealkylation sites (N-methyl/N-ethyl adjacent to an activating group) is 1. The summed E-state index contributed by atoms with van der Waals surface area (Å²) in [5.74, 6) is -3.31. The molecule has 1 saturated heterocycles. The molecule has 13 heteroatoms. The third kappa shape index (κ3) is 10.3. The van der Waals surface area contributed by atoms with Gasteiger partial charge in [-0.25, -0.2) is 4.79 Å². The predicted molar refractivity (Wildman–Crippen MR) is 189 cm³/mol. The Labute approximate surface area is 297 Å². The lowest BCUT2D eigenvalue weighted by atomic mass is 9.76. The number of hydrogen-bond acceptors (Lipinski definition) is 8. The number of carbonyl (C=O) groups is 5. The minimum absolute atomic E-state index is 0.00942. The van der Waals surface area contributed by atoms with E-state index < -0.39 is 65.6 Å². The summed E-state index contributed by atoms with van der Waals surface area (Å²) in [4.78, 5) is 69.7. The van der Waals surface area contributed by atoms with Gasteiger partial charge < -0.3 is 40.7 Å². The zero-order valence-corrected chi connectivity index (χ0v) is 31.0. The normalized spacial score (nSPS) is 20.2. The number of carboxylic acid groups (broad SMARTS) is 1. The van der Waals surface area contributed by atoms with Gasteiger partial charge in [0.1, 0.15) is 12.1 Å². The third-order valence-corrected chi connectivity index (χ3v) is 10.4. The molecule has 0 bridgehead atoms. The summed E-state index contributed by atoms with van der Waals surface area (Å²) < 4.78 is 11.8. The van der Waals surface area contributed by atoms with Gasteiger partial charge >= 0.3 is 5.97 Å². The van der Waals surface area contributed by atoms with E-state index >= 15 is 0 Å². The summed E-state index contributed by atoms with van der Waals surface area (Å²) in [6.45, 7) is 9.06. The fourth-order valence-corrected chi connectivity index (χ4v) is 7.13. The number of benzene rings is 1. The first-order valence-corrected chi connectivity index (χ1v) is 17.8. The number of nitrogens with one attached hydrogen (secondary N) is 2. The number of nitrogens with zero attached hydrogens (tertiary/aromatic N) is 2. The highest BCUT2D eigenvalue weighted by Gasteiger charge is 2.45. The van der Waals surface area contributed by atoms with Gasteiger partial charge in [0.05, 0.1) is 42.2 Å². The molecule has 1 aliphatic carbocycles. The summed E-state index contributed by atoms with van der Waals surface area (Å²) in [5.41, 5.74) is 5.64. The van der Waals surface area contributed by atoms with Crippen LogP contribution >= 0.6 is 0 Å². The Morgan fingerprint density at radius 3 is 2.14 bits per heavy atom. The molecule has 1 saturated carbocycles. The number of rotatable bonds is 18. The SMILES string of the molecule is COC(CC(=O)N1CCCC1C(OC)C(C)C(=O)NC(Cc1ccccc1)C(=O)O)C(C1CCC1)N(C)C(=O)C(NC(=O)C(C)(C)N)C(C)C. The van der Waals surface area contributed by atoms with Crippen molar-refractivity contribution in [3.63, 3.8) is 0 Å². The van der Waals surface area contributed by atoms with Gasteiger partial charge in [-0.15, -0.1) is 0 Å². The quantitative estimate of drug-likeness (QED) is 0.179. The topological polar surface area (TPSA) is 181 Å². The van der Waals surface area contributed by atoms with Crippen molar-refractivity contribution < 1.29 is 38.6 Å². The van der Waals surface area contributed by atoms with Gasteiger partial charge in [-0.1, -0.05) is 57.5 Å². The Balaban J connectivity index is 1.76. The van der Waals surface area contributed by atoms with Gasteiger partial charge in [0, 0.05) is 34.2 Å². The molecule has 3 rings (SSSR count). The molecule has 4 amide bonds. The van der Waals surface area contributed by atoms with Crippen molar-refractivity contribution in [2.75, 3.05) is 27.8 Å². The van der Waals surface area contributed by atoms with Crippen LogP contribution in [-0.2, 0) is 39.9 Å². The standard InChI is InChI=1S/C37H59N5O8/c1-22(2)30(40-36(48)37(4,5)38)34(45)41(6)31(25-16-12-17-25)28(49-7)21-29(43)42-19-13-18-27(42)32(50-8)23(3)33(44)39-26(35(46)47)20-24-14-10-9-11-15-24/h9-11,14-15,22-23,25-28,30-32H,12-13,16-21,38H2,1-8H3,(H,39,44)(H,40,48)(H,46,47). The van der Waals surface area contributed by atoms with Crippen molar-refractivity contribution in [2.45, 2.75) is 121 Å². The molecule has 2 aliphatic rings. The van der Waals surface area contributed by atoms with Crippen molar-refractivity contribution in [2.24, 2.45) is 23.5 Å². The Kier molecular flexibility index (Phi) is 14.8. The van der Waals surface area contributed by atoms with Crippen LogP contribution in [0.5, 0.6) is 0 Å². The molecule has 5 N–H and O–H groups in total. The average Bonchev–Trinajstić information content (AvgIpc) is 3.53. The Bertz CT molecular complexity index is 1310. The number of likely N-dealkylation sites (tertiary alicyclic amines) is 1. The van der Waals surface area contributed by atoms with Crippen molar-refractivity contribution in [3.8, 4) is 0 Å². The minimum Gasteiger partial charge on any atom is -0.480 e. The molecule has 7 unspecified atom stereocenters. The summed E-state index contributed by atoms with van der Waals surface area (Å²) in [6, 6.07) is 6.34. The van der Waals surface area contributed by atoms with Crippen LogP contribution in [0, 0.1) is 17.8 Å². The Morgan fingerprint density at radius 1 is 1.00 bits per heavy atom. The number of nitrogens with two attached hydrogens (primary N) is 1. The van der Waals surface area contributed by atoms with Crippen LogP contribution in [0.2, 0.25) is 0 Å². The van der Waals surface area contributed by atoms with E-state index in [0.29, 0.717) is 19.4 Å². The maximum Gasteiger partial charge on any atom is 0.326 e. The van der Waals surface area contributed by atoms with Gasteiger partial charge in [-0.05, 0) is 56.9 Å². The van der Waals surface area contributed by atoms with Crippen LogP contribution in [-0.4, -0.2) is 114 Å². The second-order valence-electron chi connectivity index (χ2n) is 14.9. The fourth-order valence-electron chi connectivity index (χ4n) is 7.13.